The lowest BCUT2D eigenvalue weighted by Crippen LogP contribution is -2.28. The summed E-state index contributed by atoms with van der Waals surface area (Å²) in [5.74, 6) is -0.588. The topological polar surface area (TPSA) is 72.8 Å². The average molecular weight is 625 g/mol. The molecule has 0 aromatic rings. The van der Waals surface area contributed by atoms with Crippen molar-refractivity contribution < 1.29 is 24.2 Å². The van der Waals surface area contributed by atoms with Crippen LogP contribution < -0.4 is 0 Å². The Hall–Kier alpha value is -1.10. The van der Waals surface area contributed by atoms with Crippen molar-refractivity contribution in [3.8, 4) is 0 Å². The fraction of sp³-hybridized carbons (Fsp3) is 0.949. The zero-order chi connectivity index (χ0) is 32.2. The maximum absolute atomic E-state index is 12.1. The molecule has 0 heterocycles. The zero-order valence-electron chi connectivity index (χ0n) is 29.7. The van der Waals surface area contributed by atoms with Crippen molar-refractivity contribution in [2.75, 3.05) is 13.2 Å². The Morgan fingerprint density at radius 2 is 0.705 bits per heavy atom. The van der Waals surface area contributed by atoms with Gasteiger partial charge in [0.25, 0.3) is 0 Å². The van der Waals surface area contributed by atoms with E-state index in [9.17, 15) is 14.7 Å². The molecule has 0 saturated heterocycles. The molecule has 0 fully saturated rings. The molecule has 1 atom stereocenters. The van der Waals surface area contributed by atoms with E-state index in [2.05, 4.69) is 13.8 Å². The highest BCUT2D eigenvalue weighted by atomic mass is 16.6. The first-order chi connectivity index (χ1) is 21.6. The van der Waals surface area contributed by atoms with Crippen LogP contribution in [0.15, 0.2) is 0 Å². The molecular formula is C39H76O5. The van der Waals surface area contributed by atoms with Crippen LogP contribution >= 0.6 is 0 Å². The second-order valence-corrected chi connectivity index (χ2v) is 13.4. The first kappa shape index (κ1) is 42.9. The van der Waals surface area contributed by atoms with Crippen molar-refractivity contribution in [1.29, 1.82) is 0 Å². The molecule has 0 rings (SSSR count). The number of ether oxygens (including phenoxy) is 2. The molecule has 0 aliphatic heterocycles. The Kier molecular flexibility index (Phi) is 35.5. The third kappa shape index (κ3) is 33.8. The highest BCUT2D eigenvalue weighted by molar-refractivity contribution is 5.70. The average Bonchev–Trinajstić information content (AvgIpc) is 3.03. The lowest BCUT2D eigenvalue weighted by molar-refractivity contribution is -0.161. The summed E-state index contributed by atoms with van der Waals surface area (Å²) in [6, 6.07) is 0. The van der Waals surface area contributed by atoms with Gasteiger partial charge in [-0.1, -0.05) is 194 Å². The Morgan fingerprint density at radius 3 is 1.00 bits per heavy atom. The maximum Gasteiger partial charge on any atom is 0.306 e. The molecule has 1 unspecified atom stereocenters. The molecule has 0 radical (unpaired) electrons. The lowest BCUT2D eigenvalue weighted by atomic mass is 10.0. The zero-order valence-corrected chi connectivity index (χ0v) is 29.7. The molecule has 44 heavy (non-hydrogen) atoms. The van der Waals surface area contributed by atoms with Crippen molar-refractivity contribution in [2.24, 2.45) is 0 Å². The predicted molar refractivity (Wildman–Crippen MR) is 187 cm³/mol. The second kappa shape index (κ2) is 36.4. The molecule has 0 amide bonds. The minimum Gasteiger partial charge on any atom is -0.462 e. The molecule has 0 aliphatic rings. The number of carbonyl (C=O) groups is 2. The maximum atomic E-state index is 12.1. The van der Waals surface area contributed by atoms with Crippen LogP contribution in [0, 0.1) is 0 Å². The van der Waals surface area contributed by atoms with E-state index in [4.69, 9.17) is 9.47 Å². The van der Waals surface area contributed by atoms with E-state index in [1.165, 1.54) is 154 Å². The number of hydrogen-bond donors (Lipinski definition) is 1. The van der Waals surface area contributed by atoms with E-state index in [1.54, 1.807) is 0 Å². The number of unbranched alkanes of at least 4 members (excludes halogenated alkanes) is 28. The van der Waals surface area contributed by atoms with Crippen LogP contribution in [-0.2, 0) is 19.1 Å². The normalized spacial score (nSPS) is 12.0. The van der Waals surface area contributed by atoms with Crippen molar-refractivity contribution >= 4 is 11.9 Å². The van der Waals surface area contributed by atoms with Crippen molar-refractivity contribution in [3.63, 3.8) is 0 Å². The van der Waals surface area contributed by atoms with E-state index in [0.717, 1.165) is 38.5 Å². The van der Waals surface area contributed by atoms with Crippen LogP contribution in [0.1, 0.15) is 219 Å². The second-order valence-electron chi connectivity index (χ2n) is 13.4. The van der Waals surface area contributed by atoms with Gasteiger partial charge in [-0.15, -0.1) is 0 Å². The van der Waals surface area contributed by atoms with E-state index >= 15 is 0 Å². The molecule has 5 nitrogen and oxygen atoms in total. The summed E-state index contributed by atoms with van der Waals surface area (Å²) < 4.78 is 10.5. The molecule has 5 heteroatoms. The van der Waals surface area contributed by atoms with Crippen molar-refractivity contribution in [1.82, 2.24) is 0 Å². The molecule has 262 valence electrons. The van der Waals surface area contributed by atoms with Gasteiger partial charge in [0, 0.05) is 12.8 Å². The molecule has 0 aromatic heterocycles. The summed E-state index contributed by atoms with van der Waals surface area (Å²) in [6.07, 6.45) is 39.2. The first-order valence-corrected chi connectivity index (χ1v) is 19.6. The quantitative estimate of drug-likeness (QED) is 0.0554. The SMILES string of the molecule is CCCCCCCCCCCCCCCCCCCCCCCCCCC(=O)OC(CO)COC(=O)CCCCCCCC. The highest BCUT2D eigenvalue weighted by Crippen LogP contribution is 2.16. The molecule has 1 N–H and O–H groups in total. The van der Waals surface area contributed by atoms with Crippen LogP contribution in [0.4, 0.5) is 0 Å². The smallest absolute Gasteiger partial charge is 0.306 e. The Labute approximate surface area is 274 Å². The standard InChI is InChI=1S/C39H76O5/c1-3-5-7-9-11-12-13-14-15-16-17-18-19-20-21-22-23-24-25-26-27-28-30-32-34-39(42)44-37(35-40)36-43-38(41)33-31-29-10-8-6-4-2/h37,40H,3-36H2,1-2H3. The summed E-state index contributed by atoms with van der Waals surface area (Å²) in [7, 11) is 0. The minimum absolute atomic E-state index is 0.0592. The third-order valence-corrected chi connectivity index (χ3v) is 8.90. The van der Waals surface area contributed by atoms with E-state index < -0.39 is 6.10 Å². The van der Waals surface area contributed by atoms with Crippen LogP contribution in [0.3, 0.4) is 0 Å². The van der Waals surface area contributed by atoms with Gasteiger partial charge in [0.2, 0.25) is 0 Å². The van der Waals surface area contributed by atoms with Crippen LogP contribution in [0.5, 0.6) is 0 Å². The monoisotopic (exact) mass is 625 g/mol. The van der Waals surface area contributed by atoms with Gasteiger partial charge in [0.05, 0.1) is 6.61 Å². The van der Waals surface area contributed by atoms with Crippen LogP contribution in [0.25, 0.3) is 0 Å². The highest BCUT2D eigenvalue weighted by Gasteiger charge is 2.16. The van der Waals surface area contributed by atoms with E-state index in [-0.39, 0.29) is 25.2 Å². The van der Waals surface area contributed by atoms with Gasteiger partial charge in [-0.2, -0.15) is 0 Å². The fourth-order valence-corrected chi connectivity index (χ4v) is 5.91. The summed E-state index contributed by atoms with van der Waals surface area (Å²) in [5.41, 5.74) is 0. The van der Waals surface area contributed by atoms with Crippen molar-refractivity contribution in [2.45, 2.75) is 225 Å². The molecule has 0 saturated carbocycles. The molecular weight excluding hydrogens is 548 g/mol. The number of esters is 2. The fourth-order valence-electron chi connectivity index (χ4n) is 5.91. The molecule has 0 spiro atoms. The van der Waals surface area contributed by atoms with Gasteiger partial charge < -0.3 is 14.6 Å². The molecule has 0 aliphatic carbocycles. The van der Waals surface area contributed by atoms with E-state index in [1.807, 2.05) is 0 Å². The Balaban J connectivity index is 3.38. The van der Waals surface area contributed by atoms with Crippen LogP contribution in [0.2, 0.25) is 0 Å². The number of aliphatic hydroxyl groups excluding tert-OH is 1. The summed E-state index contributed by atoms with van der Waals surface area (Å²) >= 11 is 0. The van der Waals surface area contributed by atoms with Gasteiger partial charge in [-0.05, 0) is 12.8 Å². The first-order valence-electron chi connectivity index (χ1n) is 19.6. The number of aliphatic hydroxyl groups is 1. The van der Waals surface area contributed by atoms with Gasteiger partial charge in [0.15, 0.2) is 6.10 Å². The van der Waals surface area contributed by atoms with Gasteiger partial charge in [-0.25, -0.2) is 0 Å². The van der Waals surface area contributed by atoms with E-state index in [0.29, 0.717) is 12.8 Å². The van der Waals surface area contributed by atoms with Crippen LogP contribution in [-0.4, -0.2) is 36.4 Å². The Bertz CT molecular complexity index is 593. The van der Waals surface area contributed by atoms with Crippen molar-refractivity contribution in [3.05, 3.63) is 0 Å². The number of rotatable bonds is 36. The van der Waals surface area contributed by atoms with Gasteiger partial charge >= 0.3 is 11.9 Å². The Morgan fingerprint density at radius 1 is 0.432 bits per heavy atom. The van der Waals surface area contributed by atoms with Gasteiger partial charge in [0.1, 0.15) is 6.61 Å². The number of carbonyl (C=O) groups excluding carboxylic acids is 2. The van der Waals surface area contributed by atoms with Gasteiger partial charge in [-0.3, -0.25) is 9.59 Å². The molecule has 0 bridgehead atoms. The molecule has 0 aromatic carbocycles. The largest absolute Gasteiger partial charge is 0.462 e. The third-order valence-electron chi connectivity index (χ3n) is 8.90. The predicted octanol–water partition coefficient (Wildman–Crippen LogP) is 12.0. The summed E-state index contributed by atoms with van der Waals surface area (Å²) in [6.45, 7) is 4.09. The minimum atomic E-state index is -0.759. The summed E-state index contributed by atoms with van der Waals surface area (Å²) in [5, 5.41) is 9.48. The summed E-state index contributed by atoms with van der Waals surface area (Å²) in [4.78, 5) is 24.0. The number of hydrogen-bond acceptors (Lipinski definition) is 5. The lowest BCUT2D eigenvalue weighted by Gasteiger charge is -2.15.